The molecule has 0 aliphatic rings. The molecule has 0 aliphatic heterocycles. The number of carbonyl (C=O) groups excluding carboxylic acids is 1. The lowest BCUT2D eigenvalue weighted by atomic mass is 10.3. The van der Waals surface area contributed by atoms with Gasteiger partial charge in [-0.3, -0.25) is 4.79 Å². The van der Waals surface area contributed by atoms with Crippen LogP contribution in [0, 0.1) is 0 Å². The Kier molecular flexibility index (Phi) is 6.92. The van der Waals surface area contributed by atoms with Gasteiger partial charge in [0.1, 0.15) is 5.75 Å². The SMILES string of the molecule is O=C(S)COc1cc(Cl)cc(Br)c1SC(F)(F)CBr. The first-order valence-corrected chi connectivity index (χ1v) is 8.27. The minimum atomic E-state index is -3.01. The molecule has 0 saturated carbocycles. The lowest BCUT2D eigenvalue weighted by Gasteiger charge is -2.17. The van der Waals surface area contributed by atoms with Crippen molar-refractivity contribution in [2.45, 2.75) is 10.2 Å². The van der Waals surface area contributed by atoms with Crippen LogP contribution in [-0.4, -0.2) is 22.3 Å². The van der Waals surface area contributed by atoms with Gasteiger partial charge in [-0.2, -0.15) is 8.78 Å². The molecule has 0 atom stereocenters. The standard InChI is InChI=1S/C10H7Br2ClF2O2S2/c11-4-10(14,15)19-9-6(12)1-5(13)2-7(9)17-3-8(16)18/h1-2H,3-4H2,(H,16,18). The van der Waals surface area contributed by atoms with Gasteiger partial charge in [-0.05, 0) is 33.8 Å². The average Bonchev–Trinajstić information content (AvgIpc) is 2.30. The van der Waals surface area contributed by atoms with Crippen molar-refractivity contribution in [3.8, 4) is 5.75 Å². The van der Waals surface area contributed by atoms with Crippen molar-refractivity contribution in [3.63, 3.8) is 0 Å². The topological polar surface area (TPSA) is 26.3 Å². The second kappa shape index (κ2) is 7.49. The Morgan fingerprint density at radius 1 is 1.53 bits per heavy atom. The summed E-state index contributed by atoms with van der Waals surface area (Å²) in [6.07, 6.45) is 0. The second-order valence-corrected chi connectivity index (χ2v) is 6.83. The van der Waals surface area contributed by atoms with E-state index in [1.165, 1.54) is 12.1 Å². The van der Waals surface area contributed by atoms with Gasteiger partial charge >= 0.3 is 5.25 Å². The Labute approximate surface area is 140 Å². The maximum Gasteiger partial charge on any atom is 0.307 e. The predicted octanol–water partition coefficient (Wildman–Crippen LogP) is 5.02. The van der Waals surface area contributed by atoms with E-state index in [0.717, 1.165) is 0 Å². The molecule has 0 heterocycles. The van der Waals surface area contributed by atoms with E-state index in [-0.39, 0.29) is 17.3 Å². The average molecular weight is 457 g/mol. The summed E-state index contributed by atoms with van der Waals surface area (Å²) >= 11 is 15.6. The molecule has 0 amide bonds. The molecule has 9 heteroatoms. The smallest absolute Gasteiger partial charge is 0.307 e. The van der Waals surface area contributed by atoms with Crippen LogP contribution in [0.2, 0.25) is 5.02 Å². The molecule has 1 aromatic carbocycles. The molecule has 1 aromatic rings. The molecule has 0 saturated heterocycles. The number of thioether (sulfide) groups is 1. The van der Waals surface area contributed by atoms with E-state index in [1.807, 2.05) is 0 Å². The van der Waals surface area contributed by atoms with Crippen molar-refractivity contribution >= 4 is 73.0 Å². The van der Waals surface area contributed by atoms with E-state index in [0.29, 0.717) is 21.3 Å². The van der Waals surface area contributed by atoms with Gasteiger partial charge < -0.3 is 4.74 Å². The fraction of sp³-hybridized carbons (Fsp3) is 0.300. The third-order valence-electron chi connectivity index (χ3n) is 1.73. The van der Waals surface area contributed by atoms with Crippen molar-refractivity contribution in [2.75, 3.05) is 11.9 Å². The fourth-order valence-corrected chi connectivity index (χ4v) is 3.22. The van der Waals surface area contributed by atoms with Crippen molar-refractivity contribution in [1.82, 2.24) is 0 Å². The molecule has 106 valence electrons. The van der Waals surface area contributed by atoms with Crippen LogP contribution >= 0.6 is 67.9 Å². The van der Waals surface area contributed by atoms with Crippen LogP contribution in [0.3, 0.4) is 0 Å². The normalized spacial score (nSPS) is 11.5. The highest BCUT2D eigenvalue weighted by atomic mass is 79.9. The van der Waals surface area contributed by atoms with E-state index in [2.05, 4.69) is 44.5 Å². The lowest BCUT2D eigenvalue weighted by molar-refractivity contribution is -0.112. The van der Waals surface area contributed by atoms with Gasteiger partial charge in [-0.1, -0.05) is 27.5 Å². The summed E-state index contributed by atoms with van der Waals surface area (Å²) in [5, 5.41) is -3.73. The van der Waals surface area contributed by atoms with Crippen molar-refractivity contribution in [2.24, 2.45) is 0 Å². The summed E-state index contributed by atoms with van der Waals surface area (Å²) in [6.45, 7) is -0.330. The number of hydrogen-bond acceptors (Lipinski definition) is 3. The van der Waals surface area contributed by atoms with Gasteiger partial charge in [0.15, 0.2) is 6.61 Å². The zero-order valence-electron chi connectivity index (χ0n) is 9.13. The third-order valence-corrected chi connectivity index (χ3v) is 5.11. The summed E-state index contributed by atoms with van der Waals surface area (Å²) in [6, 6.07) is 2.85. The highest BCUT2D eigenvalue weighted by Crippen LogP contribution is 2.46. The molecular weight excluding hydrogens is 449 g/mol. The molecule has 0 aliphatic carbocycles. The first kappa shape index (κ1) is 17.6. The Hall–Kier alpha value is 0.500. The van der Waals surface area contributed by atoms with Crippen molar-refractivity contribution in [1.29, 1.82) is 0 Å². The van der Waals surface area contributed by atoms with Crippen molar-refractivity contribution in [3.05, 3.63) is 21.6 Å². The Morgan fingerprint density at radius 2 is 2.16 bits per heavy atom. The molecule has 2 nitrogen and oxygen atoms in total. The number of benzene rings is 1. The highest BCUT2D eigenvalue weighted by Gasteiger charge is 2.31. The summed E-state index contributed by atoms with van der Waals surface area (Å²) < 4.78 is 32.4. The van der Waals surface area contributed by atoms with Crippen molar-refractivity contribution < 1.29 is 18.3 Å². The van der Waals surface area contributed by atoms with Gasteiger partial charge in [-0.15, -0.1) is 12.6 Å². The number of rotatable bonds is 6. The summed E-state index contributed by atoms with van der Waals surface area (Å²) in [5.41, 5.74) is 0. The molecule has 19 heavy (non-hydrogen) atoms. The van der Waals surface area contributed by atoms with Gasteiger partial charge in [0.2, 0.25) is 5.12 Å². The van der Waals surface area contributed by atoms with Gasteiger partial charge in [0.25, 0.3) is 0 Å². The summed E-state index contributed by atoms with van der Waals surface area (Å²) in [5.74, 6) is 0.104. The van der Waals surface area contributed by atoms with Crippen LogP contribution < -0.4 is 4.74 Å². The molecule has 0 fully saturated rings. The quantitative estimate of drug-likeness (QED) is 0.370. The van der Waals surface area contributed by atoms with Crippen LogP contribution in [0.25, 0.3) is 0 Å². The minimum absolute atomic E-state index is 0.104. The summed E-state index contributed by atoms with van der Waals surface area (Å²) in [7, 11) is 0. The first-order chi connectivity index (χ1) is 8.75. The van der Waals surface area contributed by atoms with Crippen LogP contribution in [0.15, 0.2) is 21.5 Å². The summed E-state index contributed by atoms with van der Waals surface area (Å²) in [4.78, 5) is 10.9. The van der Waals surface area contributed by atoms with E-state index >= 15 is 0 Å². The van der Waals surface area contributed by atoms with E-state index < -0.39 is 15.7 Å². The van der Waals surface area contributed by atoms with Crippen LogP contribution in [0.5, 0.6) is 5.75 Å². The van der Waals surface area contributed by atoms with Gasteiger partial charge in [0.05, 0.1) is 10.2 Å². The number of thiol groups is 1. The molecule has 0 bridgehead atoms. The number of hydrogen-bond donors (Lipinski definition) is 1. The monoisotopic (exact) mass is 454 g/mol. The molecule has 0 N–H and O–H groups in total. The van der Waals surface area contributed by atoms with E-state index in [1.54, 1.807) is 0 Å². The Morgan fingerprint density at radius 3 is 2.68 bits per heavy atom. The molecule has 0 radical (unpaired) electrons. The largest absolute Gasteiger partial charge is 0.484 e. The van der Waals surface area contributed by atoms with Crippen LogP contribution in [0.1, 0.15) is 0 Å². The number of alkyl halides is 3. The number of halogens is 5. The predicted molar refractivity (Wildman–Crippen MR) is 83.2 cm³/mol. The number of carbonyl (C=O) groups is 1. The van der Waals surface area contributed by atoms with Crippen LogP contribution in [-0.2, 0) is 4.79 Å². The first-order valence-electron chi connectivity index (χ1n) is 4.71. The number of ether oxygens (including phenoxy) is 1. The molecule has 0 spiro atoms. The van der Waals surface area contributed by atoms with E-state index in [4.69, 9.17) is 16.3 Å². The maximum atomic E-state index is 13.4. The lowest BCUT2D eigenvalue weighted by Crippen LogP contribution is -2.13. The third kappa shape index (κ3) is 5.79. The Balaban J connectivity index is 3.09. The van der Waals surface area contributed by atoms with Gasteiger partial charge in [-0.25, -0.2) is 0 Å². The molecule has 0 aromatic heterocycles. The highest BCUT2D eigenvalue weighted by molar-refractivity contribution is 9.10. The Bertz CT molecular complexity index is 489. The second-order valence-electron chi connectivity index (χ2n) is 3.27. The van der Waals surface area contributed by atoms with Gasteiger partial charge in [0, 0.05) is 15.6 Å². The van der Waals surface area contributed by atoms with E-state index in [9.17, 15) is 13.6 Å². The minimum Gasteiger partial charge on any atom is -0.484 e. The maximum absolute atomic E-state index is 13.4. The molecular formula is C10H7Br2ClF2O2S2. The van der Waals surface area contributed by atoms with Crippen LogP contribution in [0.4, 0.5) is 8.78 Å². The fourth-order valence-electron chi connectivity index (χ4n) is 1.06. The zero-order chi connectivity index (χ0) is 14.6. The molecule has 1 rings (SSSR count). The zero-order valence-corrected chi connectivity index (χ0v) is 14.8. The molecule has 0 unspecified atom stereocenters.